The summed E-state index contributed by atoms with van der Waals surface area (Å²) < 4.78 is 7.06. The number of benzene rings is 3. The number of carbonyl (C=O) groups is 4. The van der Waals surface area contributed by atoms with Gasteiger partial charge in [-0.15, -0.1) is 0 Å². The van der Waals surface area contributed by atoms with Gasteiger partial charge in [0, 0.05) is 15.6 Å². The smallest absolute Gasteiger partial charge is 0.241 e. The maximum Gasteiger partial charge on any atom is 0.241 e. The van der Waals surface area contributed by atoms with Crippen molar-refractivity contribution in [1.82, 2.24) is 0 Å². The summed E-state index contributed by atoms with van der Waals surface area (Å²) >= 11 is 9.71. The predicted molar refractivity (Wildman–Crippen MR) is 127 cm³/mol. The zero-order chi connectivity index (χ0) is 23.8. The second-order valence-electron chi connectivity index (χ2n) is 8.50. The van der Waals surface area contributed by atoms with Crippen molar-refractivity contribution in [1.29, 1.82) is 0 Å². The first kappa shape index (κ1) is 21.4. The minimum absolute atomic E-state index is 0.194. The molecule has 6 rings (SSSR count). The minimum atomic E-state index is -2.10. The summed E-state index contributed by atoms with van der Waals surface area (Å²) in [5.74, 6) is -4.78. The van der Waals surface area contributed by atoms with Gasteiger partial charge in [-0.3, -0.25) is 19.2 Å². The average molecular weight is 537 g/mol. The van der Waals surface area contributed by atoms with Crippen molar-refractivity contribution in [2.75, 3.05) is 4.90 Å². The molecule has 1 aliphatic carbocycles. The van der Waals surface area contributed by atoms with Crippen LogP contribution in [0.25, 0.3) is 0 Å². The normalized spacial score (nSPS) is 24.8. The summed E-state index contributed by atoms with van der Waals surface area (Å²) in [7, 11) is 0. The van der Waals surface area contributed by atoms with Gasteiger partial charge in [0.1, 0.15) is 0 Å². The molecule has 2 saturated heterocycles. The van der Waals surface area contributed by atoms with Gasteiger partial charge in [0.25, 0.3) is 0 Å². The molecule has 6 nitrogen and oxygen atoms in total. The second kappa shape index (κ2) is 7.43. The number of amides is 2. The molecule has 168 valence electrons. The molecular formula is C26H15BrClNO5. The molecule has 0 saturated carbocycles. The fraction of sp³-hybridized carbons (Fsp3) is 0.154. The summed E-state index contributed by atoms with van der Waals surface area (Å²) in [4.78, 5) is 56.0. The van der Waals surface area contributed by atoms with Crippen LogP contribution in [0, 0.1) is 11.8 Å². The third kappa shape index (κ3) is 2.66. The Hall–Kier alpha value is -3.13. The molecule has 2 fully saturated rings. The lowest BCUT2D eigenvalue weighted by Crippen LogP contribution is -2.51. The molecule has 0 radical (unpaired) electrons. The Labute approximate surface area is 207 Å². The van der Waals surface area contributed by atoms with Crippen molar-refractivity contribution in [3.8, 4) is 0 Å². The molecule has 3 aliphatic rings. The van der Waals surface area contributed by atoms with E-state index in [1.807, 2.05) is 0 Å². The van der Waals surface area contributed by atoms with E-state index in [0.29, 0.717) is 5.56 Å². The van der Waals surface area contributed by atoms with Crippen LogP contribution in [0.5, 0.6) is 0 Å². The van der Waals surface area contributed by atoms with E-state index < -0.39 is 46.9 Å². The molecule has 34 heavy (non-hydrogen) atoms. The number of ketones is 2. The molecule has 3 atom stereocenters. The molecule has 0 aromatic heterocycles. The number of anilines is 1. The van der Waals surface area contributed by atoms with Gasteiger partial charge in [0.05, 0.1) is 28.6 Å². The molecule has 3 aromatic rings. The van der Waals surface area contributed by atoms with Crippen LogP contribution in [0.4, 0.5) is 5.69 Å². The number of para-hydroxylation sites is 1. The van der Waals surface area contributed by atoms with E-state index in [2.05, 4.69) is 15.9 Å². The van der Waals surface area contributed by atoms with Gasteiger partial charge >= 0.3 is 0 Å². The van der Waals surface area contributed by atoms with Crippen LogP contribution in [-0.2, 0) is 14.3 Å². The van der Waals surface area contributed by atoms with Gasteiger partial charge in [-0.1, -0.05) is 76.1 Å². The Morgan fingerprint density at radius 1 is 0.794 bits per heavy atom. The highest BCUT2D eigenvalue weighted by molar-refractivity contribution is 9.10. The Kier molecular flexibility index (Phi) is 4.68. The van der Waals surface area contributed by atoms with Crippen molar-refractivity contribution in [2.45, 2.75) is 11.7 Å². The summed E-state index contributed by atoms with van der Waals surface area (Å²) in [6, 6.07) is 19.9. The Morgan fingerprint density at radius 3 is 2.00 bits per heavy atom. The van der Waals surface area contributed by atoms with Gasteiger partial charge in [-0.25, -0.2) is 4.90 Å². The number of hydrogen-bond donors (Lipinski definition) is 0. The number of nitrogens with zero attached hydrogens (tertiary/aromatic N) is 1. The van der Waals surface area contributed by atoms with E-state index in [1.165, 1.54) is 0 Å². The highest BCUT2D eigenvalue weighted by atomic mass is 79.9. The van der Waals surface area contributed by atoms with E-state index in [0.717, 1.165) is 9.37 Å². The summed E-state index contributed by atoms with van der Waals surface area (Å²) in [6.45, 7) is 0. The number of carbonyl (C=O) groups excluding carboxylic acids is 4. The van der Waals surface area contributed by atoms with Crippen LogP contribution in [0.2, 0.25) is 5.02 Å². The Bertz CT molecular complexity index is 1380. The quantitative estimate of drug-likeness (QED) is 0.347. The molecule has 0 unspecified atom stereocenters. The first-order chi connectivity index (χ1) is 16.4. The van der Waals surface area contributed by atoms with Crippen LogP contribution in [-0.4, -0.2) is 29.0 Å². The van der Waals surface area contributed by atoms with Gasteiger partial charge in [-0.2, -0.15) is 0 Å². The first-order valence-corrected chi connectivity index (χ1v) is 11.8. The predicted octanol–water partition coefficient (Wildman–Crippen LogP) is 4.80. The van der Waals surface area contributed by atoms with Gasteiger partial charge < -0.3 is 4.74 Å². The molecule has 0 bridgehead atoms. The van der Waals surface area contributed by atoms with Gasteiger partial charge in [-0.05, 0) is 29.8 Å². The number of hydrogen-bond acceptors (Lipinski definition) is 5. The van der Waals surface area contributed by atoms with E-state index >= 15 is 0 Å². The van der Waals surface area contributed by atoms with E-state index in [9.17, 15) is 19.2 Å². The summed E-state index contributed by atoms with van der Waals surface area (Å²) in [5.41, 5.74) is -0.907. The number of halogens is 2. The van der Waals surface area contributed by atoms with Crippen LogP contribution >= 0.6 is 27.5 Å². The lowest BCUT2D eigenvalue weighted by molar-refractivity contribution is -0.127. The number of Topliss-reactive ketones (excluding diaryl/α,β-unsaturated/α-hetero) is 2. The van der Waals surface area contributed by atoms with E-state index in [4.69, 9.17) is 16.3 Å². The summed E-state index contributed by atoms with van der Waals surface area (Å²) in [5, 5.41) is 0.215. The molecule has 0 N–H and O–H groups in total. The van der Waals surface area contributed by atoms with Crippen molar-refractivity contribution in [2.24, 2.45) is 11.8 Å². The fourth-order valence-electron chi connectivity index (χ4n) is 5.34. The average Bonchev–Trinajstić information content (AvgIpc) is 3.40. The summed E-state index contributed by atoms with van der Waals surface area (Å²) in [6.07, 6.45) is -0.968. The minimum Gasteiger partial charge on any atom is -0.349 e. The number of rotatable bonds is 2. The topological polar surface area (TPSA) is 80.8 Å². The molecular weight excluding hydrogens is 522 g/mol. The molecule has 8 heteroatoms. The van der Waals surface area contributed by atoms with Crippen molar-refractivity contribution >= 4 is 56.6 Å². The monoisotopic (exact) mass is 535 g/mol. The van der Waals surface area contributed by atoms with Crippen molar-refractivity contribution < 1.29 is 23.9 Å². The maximum absolute atomic E-state index is 13.8. The number of ether oxygens (including phenoxy) is 1. The first-order valence-electron chi connectivity index (χ1n) is 10.6. The molecule has 1 spiro atoms. The largest absolute Gasteiger partial charge is 0.349 e. The Morgan fingerprint density at radius 2 is 1.38 bits per heavy atom. The standard InChI is InChI=1S/C26H15BrClNO5/c27-14-11-9-13(10-12-14)21-19-20(25(33)29(24(19)32)18-8-4-3-7-17(18)28)26(34-21)22(30)15-5-1-2-6-16(15)23(26)31/h1-12,19-21H/t19-,20-,21+/m0/s1. The van der Waals surface area contributed by atoms with E-state index in [-0.39, 0.29) is 21.8 Å². The van der Waals surface area contributed by atoms with Crippen LogP contribution in [0.3, 0.4) is 0 Å². The fourth-order valence-corrected chi connectivity index (χ4v) is 5.83. The van der Waals surface area contributed by atoms with Gasteiger partial charge in [0.2, 0.25) is 29.0 Å². The molecule has 2 aliphatic heterocycles. The van der Waals surface area contributed by atoms with Crippen LogP contribution < -0.4 is 4.90 Å². The highest BCUT2D eigenvalue weighted by Crippen LogP contribution is 2.58. The lowest BCUT2D eigenvalue weighted by atomic mass is 9.77. The van der Waals surface area contributed by atoms with E-state index in [1.54, 1.807) is 72.8 Å². The zero-order valence-corrected chi connectivity index (χ0v) is 19.7. The molecule has 2 heterocycles. The maximum atomic E-state index is 13.8. The van der Waals surface area contributed by atoms with Crippen LogP contribution in [0.15, 0.2) is 77.3 Å². The highest BCUT2D eigenvalue weighted by Gasteiger charge is 2.74. The Balaban J connectivity index is 1.56. The third-order valence-corrected chi connectivity index (χ3v) is 7.66. The molecule has 3 aromatic carbocycles. The number of imide groups is 1. The van der Waals surface area contributed by atoms with Crippen molar-refractivity contribution in [3.05, 3.63) is 99.0 Å². The SMILES string of the molecule is O=C1[C@@H]2[C@@H](c3ccc(Br)cc3)OC3(C(=O)c4ccccc4C3=O)[C@@H]2C(=O)N1c1ccccc1Cl. The lowest BCUT2D eigenvalue weighted by Gasteiger charge is -2.27. The zero-order valence-electron chi connectivity index (χ0n) is 17.4. The van der Waals surface area contributed by atoms with Gasteiger partial charge in [0.15, 0.2) is 0 Å². The second-order valence-corrected chi connectivity index (χ2v) is 9.82. The molecule has 2 amide bonds. The van der Waals surface area contributed by atoms with Crippen molar-refractivity contribution in [3.63, 3.8) is 0 Å². The third-order valence-electron chi connectivity index (χ3n) is 6.81. The number of fused-ring (bicyclic) bond motifs is 3. The van der Waals surface area contributed by atoms with Crippen LogP contribution in [0.1, 0.15) is 32.4 Å².